The van der Waals surface area contributed by atoms with Crippen LogP contribution >= 0.6 is 0 Å². The van der Waals surface area contributed by atoms with Crippen LogP contribution in [-0.4, -0.2) is 4.98 Å². The van der Waals surface area contributed by atoms with Crippen molar-refractivity contribution in [2.75, 3.05) is 0 Å². The maximum Gasteiger partial charge on any atom is 0.227 e. The maximum atomic E-state index is 6.01. The number of nitrogens with zero attached hydrogens (tertiary/aromatic N) is 1. The van der Waals surface area contributed by atoms with E-state index in [1.165, 1.54) is 22.3 Å². The summed E-state index contributed by atoms with van der Waals surface area (Å²) in [5.41, 5.74) is 8.82. The zero-order valence-electron chi connectivity index (χ0n) is 19.2. The van der Waals surface area contributed by atoms with Crippen molar-refractivity contribution < 1.29 is 4.42 Å². The predicted octanol–water partition coefficient (Wildman–Crippen LogP) is 8.63. The number of benzene rings is 4. The number of aromatic nitrogens is 1. The normalized spacial score (nSPS) is 12.0. The molecule has 0 aliphatic carbocycles. The minimum atomic E-state index is 0.0865. The van der Waals surface area contributed by atoms with Gasteiger partial charge in [0, 0.05) is 5.56 Å². The lowest BCUT2D eigenvalue weighted by Gasteiger charge is -2.18. The van der Waals surface area contributed by atoms with Crippen molar-refractivity contribution >= 4 is 23.3 Å². The van der Waals surface area contributed by atoms with Crippen LogP contribution in [0.4, 0.5) is 0 Å². The van der Waals surface area contributed by atoms with E-state index in [1.807, 2.05) is 12.1 Å². The molecular weight excluding hydrogens is 402 g/mol. The van der Waals surface area contributed by atoms with Crippen molar-refractivity contribution in [3.05, 3.63) is 114 Å². The third kappa shape index (κ3) is 4.65. The Labute approximate surface area is 195 Å². The van der Waals surface area contributed by atoms with Gasteiger partial charge in [0.05, 0.1) is 0 Å². The fraction of sp³-hybridized carbons (Fsp3) is 0.129. The van der Waals surface area contributed by atoms with Crippen LogP contribution in [0.1, 0.15) is 37.5 Å². The standard InChI is InChI=1S/C31H27NO/c1-31(2,3)27-19-20-29-28(21-27)32-30(33-29)26-17-13-23(14-18-26)10-9-22-11-15-25(16-12-22)24-7-5-4-6-8-24/h4-21H,1-3H3/b10-9+. The lowest BCUT2D eigenvalue weighted by atomic mass is 9.87. The topological polar surface area (TPSA) is 26.0 Å². The number of hydrogen-bond acceptors (Lipinski definition) is 2. The summed E-state index contributed by atoms with van der Waals surface area (Å²) in [4.78, 5) is 4.73. The molecule has 0 fully saturated rings. The van der Waals surface area contributed by atoms with Gasteiger partial charge >= 0.3 is 0 Å². The molecule has 0 saturated carbocycles. The summed E-state index contributed by atoms with van der Waals surface area (Å²) in [5, 5.41) is 0. The summed E-state index contributed by atoms with van der Waals surface area (Å²) in [6.07, 6.45) is 4.26. The Bertz CT molecular complexity index is 1400. The Hall–Kier alpha value is -3.91. The smallest absolute Gasteiger partial charge is 0.227 e. The van der Waals surface area contributed by atoms with Crippen molar-refractivity contribution in [3.63, 3.8) is 0 Å². The Morgan fingerprint density at radius 2 is 1.21 bits per heavy atom. The molecule has 0 radical (unpaired) electrons. The molecule has 5 rings (SSSR count). The van der Waals surface area contributed by atoms with Crippen molar-refractivity contribution in [1.82, 2.24) is 4.98 Å². The molecule has 1 aromatic heterocycles. The molecule has 0 aliphatic heterocycles. The zero-order chi connectivity index (χ0) is 22.8. The molecule has 2 nitrogen and oxygen atoms in total. The van der Waals surface area contributed by atoms with E-state index in [-0.39, 0.29) is 5.41 Å². The van der Waals surface area contributed by atoms with Crippen LogP contribution in [0.25, 0.3) is 45.8 Å². The van der Waals surface area contributed by atoms with Crippen LogP contribution in [0.5, 0.6) is 0 Å². The maximum absolute atomic E-state index is 6.01. The highest BCUT2D eigenvalue weighted by Crippen LogP contribution is 2.29. The molecule has 0 atom stereocenters. The van der Waals surface area contributed by atoms with Gasteiger partial charge in [-0.25, -0.2) is 4.98 Å². The molecule has 0 bridgehead atoms. The highest BCUT2D eigenvalue weighted by atomic mass is 16.3. The number of fused-ring (bicyclic) bond motifs is 1. The quantitative estimate of drug-likeness (QED) is 0.267. The summed E-state index contributed by atoms with van der Waals surface area (Å²) >= 11 is 0. The number of rotatable bonds is 4. The van der Waals surface area contributed by atoms with Crippen LogP contribution in [0, 0.1) is 0 Å². The molecule has 2 heteroatoms. The predicted molar refractivity (Wildman–Crippen MR) is 139 cm³/mol. The average Bonchev–Trinajstić information content (AvgIpc) is 3.27. The first-order valence-corrected chi connectivity index (χ1v) is 11.3. The number of hydrogen-bond donors (Lipinski definition) is 0. The summed E-state index contributed by atoms with van der Waals surface area (Å²) in [7, 11) is 0. The van der Waals surface area contributed by atoms with E-state index in [9.17, 15) is 0 Å². The van der Waals surface area contributed by atoms with Crippen LogP contribution in [0.3, 0.4) is 0 Å². The van der Waals surface area contributed by atoms with Gasteiger partial charge in [-0.15, -0.1) is 0 Å². The first kappa shape index (κ1) is 21.0. The van der Waals surface area contributed by atoms with Gasteiger partial charge in [0.2, 0.25) is 5.89 Å². The molecular formula is C31H27NO. The Balaban J connectivity index is 1.32. The molecule has 0 N–H and O–H groups in total. The van der Waals surface area contributed by atoms with Crippen LogP contribution < -0.4 is 0 Å². The molecule has 0 saturated heterocycles. The van der Waals surface area contributed by atoms with Crippen molar-refractivity contribution in [2.45, 2.75) is 26.2 Å². The Kier molecular flexibility index (Phi) is 5.43. The van der Waals surface area contributed by atoms with E-state index >= 15 is 0 Å². The summed E-state index contributed by atoms with van der Waals surface area (Å²) in [5.74, 6) is 0.656. The molecule has 4 aromatic carbocycles. The molecule has 162 valence electrons. The van der Waals surface area contributed by atoms with Gasteiger partial charge in [-0.2, -0.15) is 0 Å². The minimum absolute atomic E-state index is 0.0865. The summed E-state index contributed by atoms with van der Waals surface area (Å²) < 4.78 is 6.01. The first-order valence-electron chi connectivity index (χ1n) is 11.3. The SMILES string of the molecule is CC(C)(C)c1ccc2oc(-c3ccc(/C=C/c4ccc(-c5ccccc5)cc4)cc3)nc2c1. The number of oxazole rings is 1. The molecule has 5 aromatic rings. The third-order valence-electron chi connectivity index (χ3n) is 5.90. The zero-order valence-corrected chi connectivity index (χ0v) is 19.2. The minimum Gasteiger partial charge on any atom is -0.436 e. The molecule has 33 heavy (non-hydrogen) atoms. The fourth-order valence-corrected chi connectivity index (χ4v) is 3.86. The lowest BCUT2D eigenvalue weighted by Crippen LogP contribution is -2.10. The molecule has 0 unspecified atom stereocenters. The second-order valence-corrected chi connectivity index (χ2v) is 9.39. The monoisotopic (exact) mass is 429 g/mol. The van der Waals surface area contributed by atoms with Gasteiger partial charge in [0.15, 0.2) is 5.58 Å². The van der Waals surface area contributed by atoms with Crippen LogP contribution in [0.2, 0.25) is 0 Å². The highest BCUT2D eigenvalue weighted by molar-refractivity contribution is 5.78. The van der Waals surface area contributed by atoms with Gasteiger partial charge in [0.1, 0.15) is 5.52 Å². The Morgan fingerprint density at radius 1 is 0.636 bits per heavy atom. The second-order valence-electron chi connectivity index (χ2n) is 9.39. The Morgan fingerprint density at radius 3 is 1.82 bits per heavy atom. The van der Waals surface area contributed by atoms with E-state index in [2.05, 4.69) is 118 Å². The summed E-state index contributed by atoms with van der Waals surface area (Å²) in [6.45, 7) is 6.62. The highest BCUT2D eigenvalue weighted by Gasteiger charge is 2.16. The van der Waals surface area contributed by atoms with E-state index in [4.69, 9.17) is 9.40 Å². The van der Waals surface area contributed by atoms with Crippen molar-refractivity contribution in [3.8, 4) is 22.6 Å². The van der Waals surface area contributed by atoms with E-state index in [0.29, 0.717) is 5.89 Å². The van der Waals surface area contributed by atoms with Gasteiger partial charge in [0.25, 0.3) is 0 Å². The van der Waals surface area contributed by atoms with Gasteiger partial charge in [-0.05, 0) is 57.5 Å². The van der Waals surface area contributed by atoms with E-state index in [0.717, 1.165) is 22.2 Å². The molecule has 0 spiro atoms. The van der Waals surface area contributed by atoms with Gasteiger partial charge in [-0.3, -0.25) is 0 Å². The fourth-order valence-electron chi connectivity index (χ4n) is 3.86. The average molecular weight is 430 g/mol. The van der Waals surface area contributed by atoms with Crippen LogP contribution in [0.15, 0.2) is 101 Å². The third-order valence-corrected chi connectivity index (χ3v) is 5.90. The molecule has 0 amide bonds. The van der Waals surface area contributed by atoms with E-state index in [1.54, 1.807) is 0 Å². The summed E-state index contributed by atoms with van der Waals surface area (Å²) in [6, 6.07) is 33.7. The van der Waals surface area contributed by atoms with Gasteiger partial charge in [-0.1, -0.05) is 106 Å². The van der Waals surface area contributed by atoms with Gasteiger partial charge < -0.3 is 4.42 Å². The van der Waals surface area contributed by atoms with E-state index < -0.39 is 0 Å². The largest absolute Gasteiger partial charge is 0.436 e. The lowest BCUT2D eigenvalue weighted by molar-refractivity contribution is 0.590. The second kappa shape index (κ2) is 8.55. The first-order chi connectivity index (χ1) is 16.0. The van der Waals surface area contributed by atoms with Crippen LogP contribution in [-0.2, 0) is 5.41 Å². The molecule has 0 aliphatic rings. The van der Waals surface area contributed by atoms with Crippen molar-refractivity contribution in [2.24, 2.45) is 0 Å². The van der Waals surface area contributed by atoms with Crippen molar-refractivity contribution in [1.29, 1.82) is 0 Å². The molecule has 1 heterocycles.